The number of rotatable bonds is 2. The number of benzene rings is 1. The molecule has 0 aromatic heterocycles. The van der Waals surface area contributed by atoms with Crippen molar-refractivity contribution in [2.24, 2.45) is 5.73 Å². The zero-order chi connectivity index (χ0) is 25.1. The molecule has 0 unspecified atom stereocenters. The molecule has 1 aromatic carbocycles. The second-order valence-electron chi connectivity index (χ2n) is 6.90. The van der Waals surface area contributed by atoms with Gasteiger partial charge in [-0.15, -0.1) is 0 Å². The third kappa shape index (κ3) is 7.27. The molecular formula is C18H16ClF6N3O4S. The number of carboxylic acids is 1. The maximum Gasteiger partial charge on any atom is 0.490 e. The van der Waals surface area contributed by atoms with Gasteiger partial charge in [0.15, 0.2) is 0 Å². The highest BCUT2D eigenvalue weighted by Crippen LogP contribution is 2.40. The van der Waals surface area contributed by atoms with E-state index in [1.165, 1.54) is 6.08 Å². The highest BCUT2D eigenvalue weighted by molar-refractivity contribution is 8.18. The predicted molar refractivity (Wildman–Crippen MR) is 109 cm³/mol. The molecule has 3 rings (SSSR count). The van der Waals surface area contributed by atoms with Crippen LogP contribution in [0.5, 0.6) is 0 Å². The van der Waals surface area contributed by atoms with Gasteiger partial charge in [-0.2, -0.15) is 26.3 Å². The molecule has 0 radical (unpaired) electrons. The maximum atomic E-state index is 13.2. The Bertz CT molecular complexity index is 983. The third-order valence-electron chi connectivity index (χ3n) is 4.37. The molecule has 2 aliphatic heterocycles. The van der Waals surface area contributed by atoms with E-state index in [1.807, 2.05) is 4.90 Å². The number of imide groups is 1. The minimum atomic E-state index is -5.08. The van der Waals surface area contributed by atoms with Gasteiger partial charge in [0.1, 0.15) is 0 Å². The van der Waals surface area contributed by atoms with Crippen molar-refractivity contribution in [1.82, 2.24) is 5.32 Å². The van der Waals surface area contributed by atoms with Gasteiger partial charge in [-0.1, -0.05) is 11.6 Å². The minimum absolute atomic E-state index is 0.0212. The number of carboxylic acid groups (broad SMARTS) is 1. The number of piperidine rings is 1. The Morgan fingerprint density at radius 2 is 1.85 bits per heavy atom. The number of carbonyl (C=O) groups excluding carboxylic acids is 2. The molecule has 4 N–H and O–H groups in total. The lowest BCUT2D eigenvalue weighted by molar-refractivity contribution is -0.192. The number of nitrogens with zero attached hydrogens (tertiary/aromatic N) is 1. The van der Waals surface area contributed by atoms with Crippen molar-refractivity contribution >= 4 is 52.2 Å². The van der Waals surface area contributed by atoms with Crippen LogP contribution in [0.15, 0.2) is 17.0 Å². The van der Waals surface area contributed by atoms with Crippen molar-refractivity contribution in [2.75, 3.05) is 18.0 Å². The van der Waals surface area contributed by atoms with Gasteiger partial charge < -0.3 is 15.7 Å². The highest BCUT2D eigenvalue weighted by Gasteiger charge is 2.38. The van der Waals surface area contributed by atoms with Crippen molar-refractivity contribution in [1.29, 1.82) is 0 Å². The van der Waals surface area contributed by atoms with Crippen LogP contribution >= 0.6 is 23.4 Å². The van der Waals surface area contributed by atoms with Crippen LogP contribution in [0, 0.1) is 0 Å². The maximum absolute atomic E-state index is 13.2. The average molecular weight is 520 g/mol. The molecule has 1 atom stereocenters. The van der Waals surface area contributed by atoms with Crippen LogP contribution in [-0.4, -0.2) is 47.5 Å². The zero-order valence-electron chi connectivity index (χ0n) is 16.4. The van der Waals surface area contributed by atoms with Crippen molar-refractivity contribution in [3.8, 4) is 0 Å². The fraction of sp³-hybridized carbons (Fsp3) is 0.389. The summed E-state index contributed by atoms with van der Waals surface area (Å²) in [6, 6.07) is 1.69. The van der Waals surface area contributed by atoms with Crippen LogP contribution in [0.3, 0.4) is 0 Å². The van der Waals surface area contributed by atoms with Crippen LogP contribution < -0.4 is 16.0 Å². The molecule has 2 heterocycles. The third-order valence-corrected chi connectivity index (χ3v) is 5.46. The number of anilines is 1. The van der Waals surface area contributed by atoms with Gasteiger partial charge in [-0.05, 0) is 42.8 Å². The quantitative estimate of drug-likeness (QED) is 0.395. The van der Waals surface area contributed by atoms with Crippen LogP contribution in [0.2, 0.25) is 5.02 Å². The topological polar surface area (TPSA) is 113 Å². The van der Waals surface area contributed by atoms with E-state index < -0.39 is 35.0 Å². The number of nitrogens with two attached hydrogens (primary N) is 1. The second kappa shape index (κ2) is 10.2. The summed E-state index contributed by atoms with van der Waals surface area (Å²) in [6.45, 7) is 1.03. The monoisotopic (exact) mass is 519 g/mol. The van der Waals surface area contributed by atoms with E-state index in [9.17, 15) is 35.9 Å². The first-order valence-corrected chi connectivity index (χ1v) is 10.2. The number of carbonyl (C=O) groups is 3. The summed E-state index contributed by atoms with van der Waals surface area (Å²) in [4.78, 5) is 33.9. The van der Waals surface area contributed by atoms with Crippen LogP contribution in [0.25, 0.3) is 6.08 Å². The lowest BCUT2D eigenvalue weighted by atomic mass is 10.0. The van der Waals surface area contributed by atoms with E-state index in [0.717, 1.165) is 25.0 Å². The Kier molecular flexibility index (Phi) is 8.30. The fourth-order valence-corrected chi connectivity index (χ4v) is 4.02. The molecule has 15 heteroatoms. The molecule has 0 spiro atoms. The normalized spacial score (nSPS) is 20.4. The minimum Gasteiger partial charge on any atom is -0.475 e. The first-order chi connectivity index (χ1) is 15.1. The van der Waals surface area contributed by atoms with Gasteiger partial charge in [0.2, 0.25) is 0 Å². The molecule has 182 valence electrons. The van der Waals surface area contributed by atoms with Crippen LogP contribution in [-0.2, 0) is 15.8 Å². The summed E-state index contributed by atoms with van der Waals surface area (Å²) in [7, 11) is 0. The highest BCUT2D eigenvalue weighted by atomic mass is 35.5. The Labute approximate surface area is 191 Å². The molecule has 2 aliphatic rings. The summed E-state index contributed by atoms with van der Waals surface area (Å²) in [5.41, 5.74) is 5.57. The van der Waals surface area contributed by atoms with Gasteiger partial charge in [-0.25, -0.2) is 4.79 Å². The number of amides is 2. The van der Waals surface area contributed by atoms with E-state index in [0.29, 0.717) is 30.5 Å². The van der Waals surface area contributed by atoms with Gasteiger partial charge in [0.25, 0.3) is 11.1 Å². The molecular weight excluding hydrogens is 504 g/mol. The molecule has 1 aromatic rings. The molecule has 2 fully saturated rings. The molecule has 33 heavy (non-hydrogen) atoms. The SMILES string of the molecule is N[C@H]1CCCN(c2c(Cl)cc(C(F)(F)F)cc2/C=C2\SC(=O)NC2=O)C1.O=C(O)C(F)(F)F. The predicted octanol–water partition coefficient (Wildman–Crippen LogP) is 4.24. The van der Waals surface area contributed by atoms with E-state index in [4.69, 9.17) is 27.2 Å². The molecule has 0 saturated carbocycles. The number of aliphatic carboxylic acids is 1. The number of thioether (sulfide) groups is 1. The van der Waals surface area contributed by atoms with E-state index in [2.05, 4.69) is 5.32 Å². The smallest absolute Gasteiger partial charge is 0.475 e. The van der Waals surface area contributed by atoms with Gasteiger partial charge in [0.05, 0.1) is 21.2 Å². The molecule has 2 amide bonds. The summed E-state index contributed by atoms with van der Waals surface area (Å²) in [5.74, 6) is -3.40. The summed E-state index contributed by atoms with van der Waals surface area (Å²) in [5, 5.41) is 8.56. The number of hydrogen-bond donors (Lipinski definition) is 3. The van der Waals surface area contributed by atoms with Gasteiger partial charge >= 0.3 is 18.3 Å². The molecule has 2 saturated heterocycles. The number of hydrogen-bond acceptors (Lipinski definition) is 6. The Hall–Kier alpha value is -2.45. The van der Waals surface area contributed by atoms with E-state index in [1.54, 1.807) is 0 Å². The molecule has 7 nitrogen and oxygen atoms in total. The summed E-state index contributed by atoms with van der Waals surface area (Å²) < 4.78 is 71.3. The lowest BCUT2D eigenvalue weighted by Gasteiger charge is -2.34. The van der Waals surface area contributed by atoms with Crippen molar-refractivity contribution < 1.29 is 45.8 Å². The second-order valence-corrected chi connectivity index (χ2v) is 8.32. The standard InChI is InChI=1S/C16H15ClF3N3O2S.C2HF3O2/c17-11-6-9(16(18,19)20)4-8(5-12-14(24)22-15(25)26-12)13(11)23-3-1-2-10(21)7-23;3-2(4,5)1(6)7/h4-6,10H,1-3,7,21H2,(H,22,24,25);(H,6,7)/b12-5-;/t10-;/m0./s1. The van der Waals surface area contributed by atoms with Gasteiger partial charge in [0, 0.05) is 24.7 Å². The Balaban J connectivity index is 0.000000479. The van der Waals surface area contributed by atoms with Gasteiger partial charge in [-0.3, -0.25) is 14.9 Å². The zero-order valence-corrected chi connectivity index (χ0v) is 18.0. The molecule has 0 bridgehead atoms. The number of alkyl halides is 6. The summed E-state index contributed by atoms with van der Waals surface area (Å²) in [6.07, 6.45) is -6.81. The van der Waals surface area contributed by atoms with E-state index >= 15 is 0 Å². The first-order valence-electron chi connectivity index (χ1n) is 9.06. The Morgan fingerprint density at radius 1 is 1.24 bits per heavy atom. The average Bonchev–Trinajstić information content (AvgIpc) is 2.97. The lowest BCUT2D eigenvalue weighted by Crippen LogP contribution is -2.43. The summed E-state index contributed by atoms with van der Waals surface area (Å²) >= 11 is 6.82. The first kappa shape index (κ1) is 26.8. The number of halogens is 7. The number of nitrogens with one attached hydrogen (secondary N) is 1. The fourth-order valence-electron chi connectivity index (χ4n) is 3.00. The van der Waals surface area contributed by atoms with Crippen molar-refractivity contribution in [3.63, 3.8) is 0 Å². The largest absolute Gasteiger partial charge is 0.490 e. The van der Waals surface area contributed by atoms with Crippen LogP contribution in [0.1, 0.15) is 24.0 Å². The molecule has 0 aliphatic carbocycles. The van der Waals surface area contributed by atoms with E-state index in [-0.39, 0.29) is 21.5 Å². The van der Waals surface area contributed by atoms with Crippen LogP contribution in [0.4, 0.5) is 36.8 Å². The van der Waals surface area contributed by atoms with Crippen molar-refractivity contribution in [3.05, 3.63) is 33.2 Å². The van der Waals surface area contributed by atoms with Crippen molar-refractivity contribution in [2.45, 2.75) is 31.2 Å². The Morgan fingerprint density at radius 3 is 2.30 bits per heavy atom.